The van der Waals surface area contributed by atoms with Gasteiger partial charge in [-0.3, -0.25) is 4.90 Å². The van der Waals surface area contributed by atoms with E-state index in [9.17, 15) is 8.78 Å². The molecule has 0 spiro atoms. The molecule has 0 amide bonds. The Morgan fingerprint density at radius 2 is 1.93 bits per heavy atom. The molecule has 1 aliphatic rings. The molecule has 150 valence electrons. The molecule has 0 saturated carbocycles. The topological polar surface area (TPSA) is 46.1 Å². The smallest absolute Gasteiger partial charge is 0.147 e. The number of benzene rings is 2. The predicted octanol–water partition coefficient (Wildman–Crippen LogP) is 3.72. The molecule has 0 bridgehead atoms. The van der Waals surface area contributed by atoms with E-state index >= 15 is 0 Å². The standard InChI is InChI=1S/C22H22F2N4O/c23-16-4-5-19-20(13-16)28(7-6-27-8-10-29-11-9-27)21(26-19)12-15-14-25-22-17(15)2-1-3-18(22)24/h1-5,13-14,25H,6-12H2. The maximum Gasteiger partial charge on any atom is 0.147 e. The van der Waals surface area contributed by atoms with Gasteiger partial charge in [-0.15, -0.1) is 0 Å². The molecular weight excluding hydrogens is 374 g/mol. The molecule has 0 aliphatic carbocycles. The second-order valence-electron chi connectivity index (χ2n) is 7.42. The molecule has 0 unspecified atom stereocenters. The van der Waals surface area contributed by atoms with Gasteiger partial charge in [0.2, 0.25) is 0 Å². The van der Waals surface area contributed by atoms with Gasteiger partial charge in [-0.25, -0.2) is 13.8 Å². The summed E-state index contributed by atoms with van der Waals surface area (Å²) in [5.74, 6) is 0.311. The summed E-state index contributed by atoms with van der Waals surface area (Å²) in [6, 6.07) is 9.76. The van der Waals surface area contributed by atoms with Gasteiger partial charge < -0.3 is 14.3 Å². The first kappa shape index (κ1) is 18.3. The van der Waals surface area contributed by atoms with Crippen LogP contribution in [-0.4, -0.2) is 52.3 Å². The maximum absolute atomic E-state index is 14.0. The highest BCUT2D eigenvalue weighted by Gasteiger charge is 2.17. The van der Waals surface area contributed by atoms with Crippen LogP contribution >= 0.6 is 0 Å². The van der Waals surface area contributed by atoms with Crippen LogP contribution in [0.25, 0.3) is 21.9 Å². The first-order valence-electron chi connectivity index (χ1n) is 9.88. The van der Waals surface area contributed by atoms with Gasteiger partial charge in [-0.05, 0) is 29.8 Å². The van der Waals surface area contributed by atoms with Crippen LogP contribution in [0.3, 0.4) is 0 Å². The van der Waals surface area contributed by atoms with Crippen LogP contribution in [0.5, 0.6) is 0 Å². The van der Waals surface area contributed by atoms with E-state index in [0.29, 0.717) is 18.5 Å². The summed E-state index contributed by atoms with van der Waals surface area (Å²) in [6.45, 7) is 4.85. The minimum atomic E-state index is -0.272. The number of rotatable bonds is 5. The Kier molecular flexibility index (Phi) is 4.77. The lowest BCUT2D eigenvalue weighted by Gasteiger charge is -2.27. The molecule has 3 heterocycles. The van der Waals surface area contributed by atoms with E-state index in [1.54, 1.807) is 18.2 Å². The average molecular weight is 396 g/mol. The fraction of sp³-hybridized carbons (Fsp3) is 0.318. The van der Waals surface area contributed by atoms with E-state index in [4.69, 9.17) is 9.72 Å². The van der Waals surface area contributed by atoms with E-state index in [1.165, 1.54) is 12.1 Å². The van der Waals surface area contributed by atoms with Gasteiger partial charge in [0, 0.05) is 44.2 Å². The third kappa shape index (κ3) is 3.52. The number of aromatic amines is 1. The number of fused-ring (bicyclic) bond motifs is 2. The van der Waals surface area contributed by atoms with Crippen molar-refractivity contribution < 1.29 is 13.5 Å². The van der Waals surface area contributed by atoms with Crippen molar-refractivity contribution in [2.75, 3.05) is 32.8 Å². The molecule has 2 aromatic heterocycles. The summed E-state index contributed by atoms with van der Waals surface area (Å²) >= 11 is 0. The molecule has 29 heavy (non-hydrogen) atoms. The van der Waals surface area contributed by atoms with Crippen molar-refractivity contribution in [2.45, 2.75) is 13.0 Å². The van der Waals surface area contributed by atoms with Gasteiger partial charge in [-0.1, -0.05) is 12.1 Å². The van der Waals surface area contributed by atoms with E-state index < -0.39 is 0 Å². The number of morpholine rings is 1. The number of nitrogens with zero attached hydrogens (tertiary/aromatic N) is 3. The third-order valence-corrected chi connectivity index (χ3v) is 5.63. The van der Waals surface area contributed by atoms with Gasteiger partial charge in [0.1, 0.15) is 17.5 Å². The summed E-state index contributed by atoms with van der Waals surface area (Å²) < 4.78 is 35.5. The molecule has 0 atom stereocenters. The number of hydrogen-bond donors (Lipinski definition) is 1. The molecule has 1 fully saturated rings. The Balaban J connectivity index is 1.50. The highest BCUT2D eigenvalue weighted by atomic mass is 19.1. The number of halogens is 2. The lowest BCUT2D eigenvalue weighted by molar-refractivity contribution is 0.0364. The van der Waals surface area contributed by atoms with Crippen LogP contribution < -0.4 is 0 Å². The number of aromatic nitrogens is 3. The zero-order valence-electron chi connectivity index (χ0n) is 16.0. The fourth-order valence-electron chi connectivity index (χ4n) is 4.09. The normalized spacial score (nSPS) is 15.5. The monoisotopic (exact) mass is 396 g/mol. The largest absolute Gasteiger partial charge is 0.379 e. The number of ether oxygens (including phenoxy) is 1. The number of nitrogens with one attached hydrogen (secondary N) is 1. The number of H-pyrrole nitrogens is 1. The molecular formula is C22H22F2N4O. The van der Waals surface area contributed by atoms with Gasteiger partial charge in [0.15, 0.2) is 0 Å². The second kappa shape index (κ2) is 7.57. The van der Waals surface area contributed by atoms with Crippen molar-refractivity contribution in [3.05, 3.63) is 65.6 Å². The van der Waals surface area contributed by atoms with Crippen LogP contribution in [0.15, 0.2) is 42.6 Å². The molecule has 4 aromatic rings. The van der Waals surface area contributed by atoms with Crippen LogP contribution in [0.1, 0.15) is 11.4 Å². The molecule has 1 aliphatic heterocycles. The summed E-state index contributed by atoms with van der Waals surface area (Å²) in [4.78, 5) is 10.1. The van der Waals surface area contributed by atoms with Gasteiger partial charge in [-0.2, -0.15) is 0 Å². The minimum absolute atomic E-state index is 0.267. The molecule has 7 heteroatoms. The predicted molar refractivity (Wildman–Crippen MR) is 108 cm³/mol. The molecule has 2 aromatic carbocycles. The van der Waals surface area contributed by atoms with Crippen molar-refractivity contribution in [1.29, 1.82) is 0 Å². The number of hydrogen-bond acceptors (Lipinski definition) is 3. The minimum Gasteiger partial charge on any atom is -0.379 e. The lowest BCUT2D eigenvalue weighted by Crippen LogP contribution is -2.38. The summed E-state index contributed by atoms with van der Waals surface area (Å²) in [5, 5.41) is 0.850. The SMILES string of the molecule is Fc1ccc2nc(Cc3c[nH]c4c(F)cccc34)n(CCN3CCOCC3)c2c1. The van der Waals surface area contributed by atoms with E-state index in [2.05, 4.69) is 14.5 Å². The van der Waals surface area contributed by atoms with Crippen molar-refractivity contribution in [3.63, 3.8) is 0 Å². The average Bonchev–Trinajstić information content (AvgIpc) is 3.29. The highest BCUT2D eigenvalue weighted by molar-refractivity contribution is 5.84. The summed E-state index contributed by atoms with van der Waals surface area (Å²) in [7, 11) is 0. The number of imidazole rings is 1. The van der Waals surface area contributed by atoms with Crippen molar-refractivity contribution in [1.82, 2.24) is 19.4 Å². The quantitative estimate of drug-likeness (QED) is 0.559. The molecule has 1 N–H and O–H groups in total. The van der Waals surface area contributed by atoms with E-state index in [0.717, 1.165) is 60.7 Å². The Hall–Kier alpha value is -2.77. The Morgan fingerprint density at radius 3 is 2.79 bits per heavy atom. The molecule has 5 nitrogen and oxygen atoms in total. The lowest BCUT2D eigenvalue weighted by atomic mass is 10.1. The third-order valence-electron chi connectivity index (χ3n) is 5.63. The molecule has 5 rings (SSSR count). The molecule has 1 saturated heterocycles. The van der Waals surface area contributed by atoms with Crippen LogP contribution in [-0.2, 0) is 17.7 Å². The van der Waals surface area contributed by atoms with Crippen molar-refractivity contribution >= 4 is 21.9 Å². The Morgan fingerprint density at radius 1 is 1.07 bits per heavy atom. The Bertz CT molecular complexity index is 1160. The summed E-state index contributed by atoms with van der Waals surface area (Å²) in [5.41, 5.74) is 3.04. The molecule has 0 radical (unpaired) electrons. The fourth-order valence-corrected chi connectivity index (χ4v) is 4.09. The van der Waals surface area contributed by atoms with Crippen LogP contribution in [0.4, 0.5) is 8.78 Å². The van der Waals surface area contributed by atoms with Crippen LogP contribution in [0, 0.1) is 11.6 Å². The zero-order valence-corrected chi connectivity index (χ0v) is 16.0. The van der Waals surface area contributed by atoms with Gasteiger partial charge in [0.05, 0.1) is 29.8 Å². The first-order chi connectivity index (χ1) is 14.2. The Labute approximate surface area is 166 Å². The second-order valence-corrected chi connectivity index (χ2v) is 7.42. The van der Waals surface area contributed by atoms with E-state index in [-0.39, 0.29) is 11.6 Å². The first-order valence-corrected chi connectivity index (χ1v) is 9.88. The van der Waals surface area contributed by atoms with Crippen LogP contribution in [0.2, 0.25) is 0 Å². The summed E-state index contributed by atoms with van der Waals surface area (Å²) in [6.07, 6.45) is 2.38. The maximum atomic E-state index is 14.0. The van der Waals surface area contributed by atoms with Crippen molar-refractivity contribution in [3.8, 4) is 0 Å². The zero-order chi connectivity index (χ0) is 19.8. The van der Waals surface area contributed by atoms with Gasteiger partial charge in [0.25, 0.3) is 0 Å². The van der Waals surface area contributed by atoms with Gasteiger partial charge >= 0.3 is 0 Å². The highest BCUT2D eigenvalue weighted by Crippen LogP contribution is 2.25. The number of para-hydroxylation sites is 1. The van der Waals surface area contributed by atoms with Crippen molar-refractivity contribution in [2.24, 2.45) is 0 Å². The van der Waals surface area contributed by atoms with E-state index in [1.807, 2.05) is 12.3 Å².